The van der Waals surface area contributed by atoms with Crippen LogP contribution in [0.15, 0.2) is 42.5 Å². The molecule has 0 saturated heterocycles. The fraction of sp³-hybridized carbons (Fsp3) is 0.143. The maximum absolute atomic E-state index is 9.44. The number of aliphatic hydroxyl groups excluding tert-OH is 1. The second kappa shape index (κ2) is 5.42. The van der Waals surface area contributed by atoms with Crippen molar-refractivity contribution in [2.75, 3.05) is 5.32 Å². The Morgan fingerprint density at radius 2 is 1.83 bits per heavy atom. The molecule has 94 valence electrons. The number of hydrogen-bond acceptors (Lipinski definition) is 4. The monoisotopic (exact) mass is 245 g/mol. The van der Waals surface area contributed by atoms with Crippen LogP contribution in [-0.2, 0) is 13.2 Å². The van der Waals surface area contributed by atoms with Gasteiger partial charge in [0.1, 0.15) is 11.5 Å². The average molecular weight is 245 g/mol. The fourth-order valence-corrected chi connectivity index (χ4v) is 1.69. The maximum Gasteiger partial charge on any atom is 0.121 e. The molecule has 0 saturated carbocycles. The van der Waals surface area contributed by atoms with Gasteiger partial charge in [0.25, 0.3) is 0 Å². The maximum atomic E-state index is 9.44. The van der Waals surface area contributed by atoms with Gasteiger partial charge in [-0.15, -0.1) is 0 Å². The topological polar surface area (TPSA) is 72.7 Å². The summed E-state index contributed by atoms with van der Waals surface area (Å²) >= 11 is 0. The highest BCUT2D eigenvalue weighted by Crippen LogP contribution is 2.22. The van der Waals surface area contributed by atoms with Gasteiger partial charge >= 0.3 is 0 Å². The highest BCUT2D eigenvalue weighted by molar-refractivity contribution is 5.51. The van der Waals surface area contributed by atoms with Crippen molar-refractivity contribution in [2.45, 2.75) is 13.2 Å². The summed E-state index contributed by atoms with van der Waals surface area (Å²) in [7, 11) is 0. The molecule has 18 heavy (non-hydrogen) atoms. The first kappa shape index (κ1) is 12.3. The first-order valence-corrected chi connectivity index (χ1v) is 5.63. The van der Waals surface area contributed by atoms with Crippen LogP contribution in [-0.4, -0.2) is 15.3 Å². The van der Waals surface area contributed by atoms with Crippen molar-refractivity contribution in [1.29, 1.82) is 0 Å². The molecule has 2 aromatic rings. The van der Waals surface area contributed by atoms with Crippen molar-refractivity contribution in [3.8, 4) is 11.5 Å². The molecular weight excluding hydrogens is 230 g/mol. The lowest BCUT2D eigenvalue weighted by molar-refractivity contribution is 0.275. The number of anilines is 1. The number of phenols is 2. The number of aliphatic hydroxyl groups is 1. The van der Waals surface area contributed by atoms with Crippen LogP contribution in [0.3, 0.4) is 0 Å². The Hall–Kier alpha value is -2.20. The summed E-state index contributed by atoms with van der Waals surface area (Å²) in [6.07, 6.45) is 0. The largest absolute Gasteiger partial charge is 0.508 e. The zero-order chi connectivity index (χ0) is 13.0. The van der Waals surface area contributed by atoms with Crippen LogP contribution in [0.4, 0.5) is 5.69 Å². The third-order valence-electron chi connectivity index (χ3n) is 2.66. The Kier molecular flexibility index (Phi) is 3.69. The Morgan fingerprint density at radius 1 is 1.00 bits per heavy atom. The lowest BCUT2D eigenvalue weighted by Crippen LogP contribution is -1.99. The van der Waals surface area contributed by atoms with Gasteiger partial charge in [0.2, 0.25) is 0 Å². The zero-order valence-corrected chi connectivity index (χ0v) is 9.80. The Morgan fingerprint density at radius 3 is 2.56 bits per heavy atom. The first-order chi connectivity index (χ1) is 8.69. The smallest absolute Gasteiger partial charge is 0.121 e. The minimum atomic E-state index is -0.201. The molecule has 4 heteroatoms. The minimum absolute atomic E-state index is 0.0837. The molecule has 4 nitrogen and oxygen atoms in total. The van der Waals surface area contributed by atoms with Gasteiger partial charge in [-0.1, -0.05) is 12.1 Å². The van der Waals surface area contributed by atoms with Crippen molar-refractivity contribution >= 4 is 5.69 Å². The predicted molar refractivity (Wildman–Crippen MR) is 69.5 cm³/mol. The van der Waals surface area contributed by atoms with E-state index in [-0.39, 0.29) is 18.1 Å². The Balaban J connectivity index is 2.06. The van der Waals surface area contributed by atoms with Gasteiger partial charge in [0.05, 0.1) is 6.61 Å². The first-order valence-electron chi connectivity index (χ1n) is 5.63. The summed E-state index contributed by atoms with van der Waals surface area (Å²) in [4.78, 5) is 0. The molecule has 0 aliphatic heterocycles. The van der Waals surface area contributed by atoms with Crippen molar-refractivity contribution in [2.24, 2.45) is 0 Å². The molecule has 0 fully saturated rings. The third-order valence-corrected chi connectivity index (χ3v) is 2.66. The third kappa shape index (κ3) is 2.93. The summed E-state index contributed by atoms with van der Waals surface area (Å²) in [5.74, 6) is 0.316. The standard InChI is InChI=1S/C14H15NO3/c16-9-11-7-12(4-5-14(11)18)15-8-10-2-1-3-13(17)6-10/h1-7,15-18H,8-9H2. The molecule has 0 heterocycles. The minimum Gasteiger partial charge on any atom is -0.508 e. The quantitative estimate of drug-likeness (QED) is 0.623. The molecule has 0 bridgehead atoms. The van der Waals surface area contributed by atoms with Crippen LogP contribution < -0.4 is 5.32 Å². The molecule has 0 aromatic heterocycles. The number of rotatable bonds is 4. The van der Waals surface area contributed by atoms with Crippen LogP contribution in [0.1, 0.15) is 11.1 Å². The molecule has 0 radical (unpaired) electrons. The van der Waals surface area contributed by atoms with Crippen LogP contribution in [0.5, 0.6) is 11.5 Å². The van der Waals surface area contributed by atoms with Gasteiger partial charge in [-0.3, -0.25) is 0 Å². The SMILES string of the molecule is OCc1cc(NCc2cccc(O)c2)ccc1O. The van der Waals surface area contributed by atoms with E-state index in [1.54, 1.807) is 30.3 Å². The average Bonchev–Trinajstić information content (AvgIpc) is 2.38. The number of benzene rings is 2. The number of phenolic OH excluding ortho intramolecular Hbond substituents is 1. The van der Waals surface area contributed by atoms with E-state index in [2.05, 4.69) is 5.32 Å². The van der Waals surface area contributed by atoms with Crippen LogP contribution in [0.2, 0.25) is 0 Å². The van der Waals surface area contributed by atoms with Crippen molar-refractivity contribution in [3.05, 3.63) is 53.6 Å². The van der Waals surface area contributed by atoms with Crippen LogP contribution in [0, 0.1) is 0 Å². The van der Waals surface area contributed by atoms with Gasteiger partial charge in [0, 0.05) is 17.8 Å². The van der Waals surface area contributed by atoms with E-state index in [1.807, 2.05) is 6.07 Å². The molecule has 0 atom stereocenters. The summed E-state index contributed by atoms with van der Waals surface area (Å²) < 4.78 is 0. The lowest BCUT2D eigenvalue weighted by Gasteiger charge is -2.09. The molecule has 0 aliphatic rings. The van der Waals surface area contributed by atoms with E-state index < -0.39 is 0 Å². The zero-order valence-electron chi connectivity index (χ0n) is 9.80. The Bertz CT molecular complexity index is 540. The molecule has 2 aromatic carbocycles. The highest BCUT2D eigenvalue weighted by Gasteiger charge is 2.01. The summed E-state index contributed by atoms with van der Waals surface area (Å²) in [5.41, 5.74) is 2.24. The second-order valence-corrected chi connectivity index (χ2v) is 4.03. The van der Waals surface area contributed by atoms with Gasteiger partial charge in [-0.2, -0.15) is 0 Å². The van der Waals surface area contributed by atoms with Crippen LogP contribution in [0.25, 0.3) is 0 Å². The van der Waals surface area contributed by atoms with Crippen molar-refractivity contribution in [1.82, 2.24) is 0 Å². The molecule has 0 amide bonds. The molecule has 0 unspecified atom stereocenters. The molecule has 2 rings (SSSR count). The number of hydrogen-bond donors (Lipinski definition) is 4. The summed E-state index contributed by atoms with van der Waals surface area (Å²) in [6.45, 7) is 0.359. The molecule has 4 N–H and O–H groups in total. The normalized spacial score (nSPS) is 10.3. The Labute approximate surface area is 105 Å². The van der Waals surface area contributed by atoms with E-state index in [1.165, 1.54) is 6.07 Å². The van der Waals surface area contributed by atoms with E-state index in [0.717, 1.165) is 11.3 Å². The number of aromatic hydroxyl groups is 2. The van der Waals surface area contributed by atoms with E-state index in [4.69, 9.17) is 5.11 Å². The molecule has 0 aliphatic carbocycles. The van der Waals surface area contributed by atoms with E-state index in [9.17, 15) is 10.2 Å². The van der Waals surface area contributed by atoms with E-state index in [0.29, 0.717) is 12.1 Å². The van der Waals surface area contributed by atoms with Crippen molar-refractivity contribution < 1.29 is 15.3 Å². The summed E-state index contributed by atoms with van der Waals surface area (Å²) in [6, 6.07) is 11.9. The van der Waals surface area contributed by atoms with Gasteiger partial charge in [-0.25, -0.2) is 0 Å². The summed E-state index contributed by atoms with van der Waals surface area (Å²) in [5, 5.41) is 31.0. The van der Waals surface area contributed by atoms with Gasteiger partial charge in [0.15, 0.2) is 0 Å². The van der Waals surface area contributed by atoms with E-state index >= 15 is 0 Å². The highest BCUT2D eigenvalue weighted by atomic mass is 16.3. The fourth-order valence-electron chi connectivity index (χ4n) is 1.69. The van der Waals surface area contributed by atoms with Crippen LogP contribution >= 0.6 is 0 Å². The lowest BCUT2D eigenvalue weighted by atomic mass is 10.1. The van der Waals surface area contributed by atoms with Crippen molar-refractivity contribution in [3.63, 3.8) is 0 Å². The predicted octanol–water partition coefficient (Wildman–Crippen LogP) is 2.20. The second-order valence-electron chi connectivity index (χ2n) is 4.03. The molecule has 0 spiro atoms. The van der Waals surface area contributed by atoms with Gasteiger partial charge < -0.3 is 20.6 Å². The molecular formula is C14H15NO3. The number of nitrogens with one attached hydrogen (secondary N) is 1. The van der Waals surface area contributed by atoms with Gasteiger partial charge in [-0.05, 0) is 35.9 Å².